The van der Waals surface area contributed by atoms with Crippen LogP contribution in [-0.2, 0) is 10.0 Å². The molecule has 0 aliphatic heterocycles. The number of benzene rings is 3. The largest absolute Gasteiger partial charge is 0.332 e. The summed E-state index contributed by atoms with van der Waals surface area (Å²) < 4.78 is 27.9. The van der Waals surface area contributed by atoms with Gasteiger partial charge in [0.1, 0.15) is 0 Å². The van der Waals surface area contributed by atoms with E-state index in [1.165, 1.54) is 24.3 Å². The van der Waals surface area contributed by atoms with Gasteiger partial charge in [0, 0.05) is 23.5 Å². The first-order valence-corrected chi connectivity index (χ1v) is 12.0. The molecule has 0 saturated heterocycles. The third-order valence-electron chi connectivity index (χ3n) is 5.00. The van der Waals surface area contributed by atoms with Crippen LogP contribution in [0.4, 0.5) is 22.7 Å². The normalized spacial score (nSPS) is 10.8. The number of rotatable bonds is 7. The Hall–Kier alpha value is -4.43. The lowest BCUT2D eigenvalue weighted by Gasteiger charge is -2.12. The average molecular weight is 530 g/mol. The molecule has 3 N–H and O–H groups in total. The molecule has 0 spiro atoms. The molecule has 12 nitrogen and oxygen atoms in total. The van der Waals surface area contributed by atoms with Crippen molar-refractivity contribution in [2.24, 2.45) is 0 Å². The summed E-state index contributed by atoms with van der Waals surface area (Å²) in [4.78, 5) is 32.7. The number of carbonyl (C=O) groups is 1. The van der Waals surface area contributed by atoms with Crippen LogP contribution in [0, 0.1) is 34.1 Å². The maximum atomic E-state index is 12.7. The van der Waals surface area contributed by atoms with Gasteiger partial charge in [-0.05, 0) is 73.6 Å². The molecule has 0 bridgehead atoms. The number of hydrogen-bond acceptors (Lipinski definition) is 8. The van der Waals surface area contributed by atoms with E-state index in [-0.39, 0.29) is 15.6 Å². The van der Waals surface area contributed by atoms with Crippen molar-refractivity contribution in [2.75, 3.05) is 10.0 Å². The van der Waals surface area contributed by atoms with Crippen molar-refractivity contribution in [1.29, 1.82) is 0 Å². The second-order valence-electron chi connectivity index (χ2n) is 7.59. The Balaban J connectivity index is 1.68. The van der Waals surface area contributed by atoms with Gasteiger partial charge >= 0.3 is 0 Å². The Morgan fingerprint density at radius 3 is 1.92 bits per heavy atom. The van der Waals surface area contributed by atoms with E-state index in [9.17, 15) is 33.4 Å². The molecule has 3 aromatic rings. The molecule has 0 aromatic heterocycles. The fourth-order valence-electron chi connectivity index (χ4n) is 3.01. The van der Waals surface area contributed by atoms with Crippen LogP contribution in [0.5, 0.6) is 0 Å². The number of anilines is 2. The van der Waals surface area contributed by atoms with Crippen molar-refractivity contribution in [1.82, 2.24) is 5.32 Å². The molecule has 0 unspecified atom stereocenters. The Morgan fingerprint density at radius 2 is 1.39 bits per heavy atom. The average Bonchev–Trinajstić information content (AvgIpc) is 2.81. The van der Waals surface area contributed by atoms with Crippen LogP contribution >= 0.6 is 12.2 Å². The fraction of sp³-hybridized carbons (Fsp3) is 0.0909. The minimum atomic E-state index is -3.86. The predicted molar refractivity (Wildman–Crippen MR) is 137 cm³/mol. The molecule has 3 aromatic carbocycles. The van der Waals surface area contributed by atoms with Gasteiger partial charge in [0.05, 0.1) is 26.4 Å². The summed E-state index contributed by atoms with van der Waals surface area (Å²) >= 11 is 5.06. The maximum Gasteiger partial charge on any atom is 0.277 e. The first-order valence-electron chi connectivity index (χ1n) is 10.1. The number of carbonyl (C=O) groups excluding carboxylic acids is 1. The number of amides is 1. The van der Waals surface area contributed by atoms with Crippen molar-refractivity contribution in [3.8, 4) is 0 Å². The van der Waals surface area contributed by atoms with E-state index in [0.717, 1.165) is 29.3 Å². The summed E-state index contributed by atoms with van der Waals surface area (Å²) in [5.41, 5.74) is 1.14. The number of sulfonamides is 1. The number of non-ortho nitro benzene ring substituents is 2. The summed E-state index contributed by atoms with van der Waals surface area (Å²) in [7, 11) is -3.86. The first kappa shape index (κ1) is 26.2. The van der Waals surface area contributed by atoms with Crippen molar-refractivity contribution >= 4 is 56.0 Å². The highest BCUT2D eigenvalue weighted by atomic mass is 32.2. The highest BCUT2D eigenvalue weighted by molar-refractivity contribution is 7.92. The summed E-state index contributed by atoms with van der Waals surface area (Å²) in [6.07, 6.45) is 0. The highest BCUT2D eigenvalue weighted by Crippen LogP contribution is 2.23. The van der Waals surface area contributed by atoms with Crippen LogP contribution in [0.1, 0.15) is 21.5 Å². The van der Waals surface area contributed by atoms with Gasteiger partial charge in [-0.2, -0.15) is 0 Å². The fourth-order valence-corrected chi connectivity index (χ4v) is 4.27. The van der Waals surface area contributed by atoms with Gasteiger partial charge in [0.25, 0.3) is 27.3 Å². The first-order chi connectivity index (χ1) is 16.9. The molecule has 0 aliphatic carbocycles. The summed E-state index contributed by atoms with van der Waals surface area (Å²) in [6.45, 7) is 3.79. The summed E-state index contributed by atoms with van der Waals surface area (Å²) in [5.74, 6) is -0.906. The van der Waals surface area contributed by atoms with Crippen LogP contribution in [0.25, 0.3) is 0 Å². The third kappa shape index (κ3) is 6.37. The molecule has 0 atom stereocenters. The van der Waals surface area contributed by atoms with E-state index in [1.807, 2.05) is 13.8 Å². The van der Waals surface area contributed by atoms with Gasteiger partial charge in [-0.15, -0.1) is 0 Å². The van der Waals surface area contributed by atoms with Crippen LogP contribution < -0.4 is 15.4 Å². The Labute approximate surface area is 210 Å². The zero-order valence-electron chi connectivity index (χ0n) is 18.8. The van der Waals surface area contributed by atoms with Crippen molar-refractivity contribution in [3.05, 3.63) is 97.6 Å². The number of nitrogens with zero attached hydrogens (tertiary/aromatic N) is 2. The Bertz CT molecular complexity index is 1460. The zero-order chi connectivity index (χ0) is 26.6. The lowest BCUT2D eigenvalue weighted by molar-refractivity contribution is -0.394. The SMILES string of the molecule is Cc1ccc(NS(=O)(=O)c2ccc(NC(=S)NC(=O)c3cc([N+](=O)[O-])cc([N+](=O)[O-])c3)cc2)cc1C. The van der Waals surface area contributed by atoms with E-state index in [0.29, 0.717) is 11.4 Å². The molecule has 0 fully saturated rings. The van der Waals surface area contributed by atoms with Crippen LogP contribution in [-0.4, -0.2) is 29.3 Å². The number of nitro groups is 2. The standard InChI is InChI=1S/C22H19N5O7S2/c1-13-3-4-17(9-14(13)2)25-36(33,34)20-7-5-16(6-8-20)23-22(35)24-21(28)15-10-18(26(29)30)12-19(11-15)27(31)32/h3-12,25H,1-2H3,(H2,23,24,28,35). The van der Waals surface area contributed by atoms with Gasteiger partial charge in [0.15, 0.2) is 5.11 Å². The minimum Gasteiger partial charge on any atom is -0.332 e. The molecule has 3 rings (SSSR count). The van der Waals surface area contributed by atoms with E-state index >= 15 is 0 Å². The number of nitro benzene ring substituents is 2. The quantitative estimate of drug-likeness (QED) is 0.232. The number of aryl methyl sites for hydroxylation is 2. The van der Waals surface area contributed by atoms with Gasteiger partial charge in [-0.25, -0.2) is 8.42 Å². The molecule has 14 heteroatoms. The van der Waals surface area contributed by atoms with Crippen LogP contribution in [0.15, 0.2) is 65.6 Å². The Morgan fingerprint density at radius 1 is 0.833 bits per heavy atom. The molecule has 0 saturated carbocycles. The molecule has 0 aliphatic rings. The lowest BCUT2D eigenvalue weighted by Crippen LogP contribution is -2.34. The van der Waals surface area contributed by atoms with Gasteiger partial charge in [-0.1, -0.05) is 6.07 Å². The summed E-state index contributed by atoms with van der Waals surface area (Å²) in [6, 6.07) is 13.2. The van der Waals surface area contributed by atoms with Crippen molar-refractivity contribution in [2.45, 2.75) is 18.7 Å². The predicted octanol–water partition coefficient (Wildman–Crippen LogP) is 4.05. The van der Waals surface area contributed by atoms with E-state index in [1.54, 1.807) is 18.2 Å². The molecule has 186 valence electrons. The molecular formula is C22H19N5O7S2. The molecule has 36 heavy (non-hydrogen) atoms. The van der Waals surface area contributed by atoms with Gasteiger partial charge in [-0.3, -0.25) is 35.1 Å². The second-order valence-corrected chi connectivity index (χ2v) is 9.68. The topological polar surface area (TPSA) is 174 Å². The molecule has 0 radical (unpaired) electrons. The number of thiocarbonyl (C=S) groups is 1. The van der Waals surface area contributed by atoms with Gasteiger partial charge in [0.2, 0.25) is 0 Å². The third-order valence-corrected chi connectivity index (χ3v) is 6.60. The number of hydrogen-bond donors (Lipinski definition) is 3. The van der Waals surface area contributed by atoms with Gasteiger partial charge < -0.3 is 5.32 Å². The highest BCUT2D eigenvalue weighted by Gasteiger charge is 2.20. The van der Waals surface area contributed by atoms with E-state index in [4.69, 9.17) is 12.2 Å². The monoisotopic (exact) mass is 529 g/mol. The lowest BCUT2D eigenvalue weighted by atomic mass is 10.1. The molecule has 0 heterocycles. The minimum absolute atomic E-state index is 0.00913. The van der Waals surface area contributed by atoms with E-state index < -0.39 is 37.2 Å². The Kier molecular flexibility index (Phi) is 7.60. The van der Waals surface area contributed by atoms with Crippen LogP contribution in [0.2, 0.25) is 0 Å². The smallest absolute Gasteiger partial charge is 0.277 e. The molecule has 1 amide bonds. The van der Waals surface area contributed by atoms with Crippen molar-refractivity contribution in [3.63, 3.8) is 0 Å². The van der Waals surface area contributed by atoms with E-state index in [2.05, 4.69) is 15.4 Å². The van der Waals surface area contributed by atoms with Crippen LogP contribution in [0.3, 0.4) is 0 Å². The molecular weight excluding hydrogens is 510 g/mol. The number of nitrogens with one attached hydrogen (secondary N) is 3. The summed E-state index contributed by atoms with van der Waals surface area (Å²) in [5, 5.41) is 26.8. The van der Waals surface area contributed by atoms with Crippen molar-refractivity contribution < 1.29 is 23.1 Å². The maximum absolute atomic E-state index is 12.7. The second kappa shape index (κ2) is 10.5. The zero-order valence-corrected chi connectivity index (χ0v) is 20.5.